The number of non-ortho nitro benzene ring substituents is 1. The maximum Gasteiger partial charge on any atom is 0.270 e. The summed E-state index contributed by atoms with van der Waals surface area (Å²) in [5.74, 6) is -1.61. The predicted octanol–water partition coefficient (Wildman–Crippen LogP) is 1.29. The van der Waals surface area contributed by atoms with E-state index in [4.69, 9.17) is 5.11 Å². The Morgan fingerprint density at radius 2 is 1.81 bits per heavy atom. The summed E-state index contributed by atoms with van der Waals surface area (Å²) in [6, 6.07) is 12.7. The van der Waals surface area contributed by atoms with E-state index < -0.39 is 26.4 Å². The molecule has 1 amide bonds. The smallest absolute Gasteiger partial charge is 0.270 e. The highest BCUT2D eigenvalue weighted by atomic mass is 32.2. The van der Waals surface area contributed by atoms with Gasteiger partial charge in [-0.15, -0.1) is 0 Å². The number of carbonyl (C=O) groups is 1. The van der Waals surface area contributed by atoms with E-state index in [9.17, 15) is 23.3 Å². The molecule has 0 spiro atoms. The van der Waals surface area contributed by atoms with Crippen LogP contribution in [0.5, 0.6) is 0 Å². The van der Waals surface area contributed by atoms with E-state index in [-0.39, 0.29) is 24.6 Å². The Labute approximate surface area is 150 Å². The van der Waals surface area contributed by atoms with Crippen LogP contribution in [-0.2, 0) is 20.4 Å². The Morgan fingerprint density at radius 1 is 1.12 bits per heavy atom. The van der Waals surface area contributed by atoms with Gasteiger partial charge in [0.25, 0.3) is 5.69 Å². The van der Waals surface area contributed by atoms with Gasteiger partial charge in [0.1, 0.15) is 5.75 Å². The lowest BCUT2D eigenvalue weighted by Crippen LogP contribution is -2.32. The molecule has 0 aliphatic rings. The van der Waals surface area contributed by atoms with Crippen molar-refractivity contribution in [1.29, 1.82) is 0 Å². The zero-order chi connectivity index (χ0) is 19.2. The third-order valence-corrected chi connectivity index (χ3v) is 4.99. The molecule has 2 aromatic rings. The van der Waals surface area contributed by atoms with Gasteiger partial charge in [-0.1, -0.05) is 36.4 Å². The van der Waals surface area contributed by atoms with Crippen molar-refractivity contribution in [3.63, 3.8) is 0 Å². The molecule has 0 aliphatic carbocycles. The monoisotopic (exact) mass is 378 g/mol. The van der Waals surface area contributed by atoms with Gasteiger partial charge in [0, 0.05) is 18.7 Å². The summed E-state index contributed by atoms with van der Waals surface area (Å²) < 4.78 is 24.1. The van der Waals surface area contributed by atoms with Crippen LogP contribution in [0, 0.1) is 10.1 Å². The molecule has 2 rings (SSSR count). The number of benzene rings is 2. The number of nitrogens with one attached hydrogen (secondary N) is 1. The molecule has 9 heteroatoms. The number of nitro benzene ring substituents is 1. The number of nitro groups is 1. The highest BCUT2D eigenvalue weighted by Gasteiger charge is 2.17. The number of aliphatic hydroxyl groups is 1. The van der Waals surface area contributed by atoms with Crippen LogP contribution in [-0.4, -0.2) is 43.3 Å². The molecule has 0 saturated heterocycles. The average Bonchev–Trinajstić information content (AvgIpc) is 2.60. The second kappa shape index (κ2) is 8.54. The van der Waals surface area contributed by atoms with Gasteiger partial charge in [0.15, 0.2) is 9.84 Å². The van der Waals surface area contributed by atoms with Gasteiger partial charge in [0.05, 0.1) is 17.3 Å². The molecule has 0 saturated carbocycles. The fourth-order valence-electron chi connectivity index (χ4n) is 2.34. The fraction of sp³-hybridized carbons (Fsp3) is 0.235. The third kappa shape index (κ3) is 5.64. The highest BCUT2D eigenvalue weighted by Crippen LogP contribution is 2.24. The molecule has 0 aromatic heterocycles. The molecular weight excluding hydrogens is 360 g/mol. The molecule has 2 N–H and O–H groups in total. The number of aliphatic hydroxyl groups excluding tert-OH is 1. The number of nitrogens with zero attached hydrogens (tertiary/aromatic N) is 1. The summed E-state index contributed by atoms with van der Waals surface area (Å²) in [5.41, 5.74) is 1.85. The first kappa shape index (κ1) is 19.5. The zero-order valence-corrected chi connectivity index (χ0v) is 14.6. The molecule has 2 aromatic carbocycles. The van der Waals surface area contributed by atoms with Crippen molar-refractivity contribution in [1.82, 2.24) is 5.32 Å². The minimum atomic E-state index is -3.64. The number of hydrogen-bond donors (Lipinski definition) is 2. The molecule has 0 unspecified atom stereocenters. The van der Waals surface area contributed by atoms with Crippen molar-refractivity contribution in [2.75, 3.05) is 18.9 Å². The SMILES string of the molecule is O=C(CS(=O)(=O)Cc1ccc(-c2cccc([N+](=O)[O-])c2)cc1)NCCO. The van der Waals surface area contributed by atoms with Crippen LogP contribution in [0.1, 0.15) is 5.56 Å². The summed E-state index contributed by atoms with van der Waals surface area (Å²) in [7, 11) is -3.64. The lowest BCUT2D eigenvalue weighted by molar-refractivity contribution is -0.384. The normalized spacial score (nSPS) is 11.1. The van der Waals surface area contributed by atoms with E-state index in [1.807, 2.05) is 0 Å². The van der Waals surface area contributed by atoms with E-state index in [2.05, 4.69) is 5.32 Å². The van der Waals surface area contributed by atoms with Gasteiger partial charge < -0.3 is 10.4 Å². The maximum absolute atomic E-state index is 12.0. The van der Waals surface area contributed by atoms with E-state index in [1.54, 1.807) is 36.4 Å². The molecule has 0 radical (unpaired) electrons. The van der Waals surface area contributed by atoms with Gasteiger partial charge in [-0.2, -0.15) is 0 Å². The van der Waals surface area contributed by atoms with E-state index >= 15 is 0 Å². The quantitative estimate of drug-likeness (QED) is 0.526. The Hall–Kier alpha value is -2.78. The standard InChI is InChI=1S/C17H18N2O6S/c20-9-8-18-17(21)12-26(24,25)11-13-4-6-14(7-5-13)15-2-1-3-16(10-15)19(22)23/h1-7,10,20H,8-9,11-12H2,(H,18,21). The second-order valence-electron chi connectivity index (χ2n) is 5.61. The Kier molecular flexibility index (Phi) is 6.42. The van der Waals surface area contributed by atoms with E-state index in [0.717, 1.165) is 5.56 Å². The molecular formula is C17H18N2O6S. The topological polar surface area (TPSA) is 127 Å². The van der Waals surface area contributed by atoms with Crippen molar-refractivity contribution in [2.24, 2.45) is 0 Å². The van der Waals surface area contributed by atoms with Crippen LogP contribution >= 0.6 is 0 Å². The molecule has 0 bridgehead atoms. The van der Waals surface area contributed by atoms with Gasteiger partial charge >= 0.3 is 0 Å². The number of hydrogen-bond acceptors (Lipinski definition) is 6. The molecule has 138 valence electrons. The van der Waals surface area contributed by atoms with Crippen LogP contribution in [0.15, 0.2) is 48.5 Å². The lowest BCUT2D eigenvalue weighted by atomic mass is 10.0. The predicted molar refractivity (Wildman–Crippen MR) is 96.1 cm³/mol. The van der Waals surface area contributed by atoms with Gasteiger partial charge in [-0.05, 0) is 16.7 Å². The summed E-state index contributed by atoms with van der Waals surface area (Å²) >= 11 is 0. The van der Waals surface area contributed by atoms with E-state index in [0.29, 0.717) is 11.1 Å². The Balaban J connectivity index is 2.08. The first-order chi connectivity index (χ1) is 12.3. The number of rotatable bonds is 8. The summed E-state index contributed by atoms with van der Waals surface area (Å²) in [4.78, 5) is 21.8. The molecule has 26 heavy (non-hydrogen) atoms. The minimum absolute atomic E-state index is 0.00621. The number of amides is 1. The van der Waals surface area contributed by atoms with Gasteiger partial charge in [-0.25, -0.2) is 8.42 Å². The van der Waals surface area contributed by atoms with Crippen LogP contribution < -0.4 is 5.32 Å². The molecule has 0 aliphatic heterocycles. The first-order valence-corrected chi connectivity index (χ1v) is 9.54. The fourth-order valence-corrected chi connectivity index (χ4v) is 3.65. The number of carbonyl (C=O) groups excluding carboxylic acids is 1. The van der Waals surface area contributed by atoms with Crippen molar-refractivity contribution in [3.8, 4) is 11.1 Å². The van der Waals surface area contributed by atoms with Crippen molar-refractivity contribution in [3.05, 3.63) is 64.2 Å². The van der Waals surface area contributed by atoms with Crippen LogP contribution in [0.2, 0.25) is 0 Å². The molecule has 0 atom stereocenters. The van der Waals surface area contributed by atoms with Crippen molar-refractivity contribution >= 4 is 21.4 Å². The van der Waals surface area contributed by atoms with E-state index in [1.165, 1.54) is 12.1 Å². The van der Waals surface area contributed by atoms with Crippen molar-refractivity contribution < 1.29 is 23.2 Å². The maximum atomic E-state index is 12.0. The van der Waals surface area contributed by atoms with Crippen LogP contribution in [0.25, 0.3) is 11.1 Å². The van der Waals surface area contributed by atoms with Crippen LogP contribution in [0.3, 0.4) is 0 Å². The summed E-state index contributed by atoms with van der Waals surface area (Å²) in [6.07, 6.45) is 0. The second-order valence-corrected chi connectivity index (χ2v) is 7.67. The lowest BCUT2D eigenvalue weighted by Gasteiger charge is -2.07. The Morgan fingerprint density at radius 3 is 2.42 bits per heavy atom. The van der Waals surface area contributed by atoms with Crippen LogP contribution in [0.4, 0.5) is 5.69 Å². The van der Waals surface area contributed by atoms with Crippen molar-refractivity contribution in [2.45, 2.75) is 5.75 Å². The Bertz CT molecular complexity index is 894. The average molecular weight is 378 g/mol. The molecule has 8 nitrogen and oxygen atoms in total. The molecule has 0 heterocycles. The highest BCUT2D eigenvalue weighted by molar-refractivity contribution is 7.91. The van der Waals surface area contributed by atoms with Gasteiger partial charge in [-0.3, -0.25) is 14.9 Å². The minimum Gasteiger partial charge on any atom is -0.395 e. The third-order valence-electron chi connectivity index (χ3n) is 3.52. The summed E-state index contributed by atoms with van der Waals surface area (Å²) in [6.45, 7) is -0.253. The number of sulfone groups is 1. The first-order valence-electron chi connectivity index (χ1n) is 7.72. The zero-order valence-electron chi connectivity index (χ0n) is 13.8. The largest absolute Gasteiger partial charge is 0.395 e. The van der Waals surface area contributed by atoms with Gasteiger partial charge in [0.2, 0.25) is 5.91 Å². The summed E-state index contributed by atoms with van der Waals surface area (Å²) in [5, 5.41) is 21.8. The molecule has 0 fully saturated rings.